The summed E-state index contributed by atoms with van der Waals surface area (Å²) in [6, 6.07) is 6.18. The first kappa shape index (κ1) is 43.3. The lowest BCUT2D eigenvalue weighted by Crippen LogP contribution is -2.62. The van der Waals surface area contributed by atoms with Crippen LogP contribution in [0.25, 0.3) is 0 Å². The van der Waals surface area contributed by atoms with Gasteiger partial charge in [0.2, 0.25) is 0 Å². The van der Waals surface area contributed by atoms with Crippen molar-refractivity contribution in [1.29, 1.82) is 0 Å². The first-order valence-corrected chi connectivity index (χ1v) is 17.4. The summed E-state index contributed by atoms with van der Waals surface area (Å²) in [7, 11) is 3.38. The van der Waals surface area contributed by atoms with Gasteiger partial charge in [-0.3, -0.25) is 9.59 Å². The fourth-order valence-corrected chi connectivity index (χ4v) is 6.46. The lowest BCUT2D eigenvalue weighted by atomic mass is 9.65. The Morgan fingerprint density at radius 2 is 1.87 bits per heavy atom. The summed E-state index contributed by atoms with van der Waals surface area (Å²) in [4.78, 5) is 44.2. The Morgan fingerprint density at radius 1 is 1.17 bits per heavy atom. The molecule has 0 atom stereocenters. The molecule has 52 heavy (non-hydrogen) atoms. The zero-order valence-corrected chi connectivity index (χ0v) is 31.1. The highest BCUT2D eigenvalue weighted by Crippen LogP contribution is 2.48. The van der Waals surface area contributed by atoms with E-state index in [-0.39, 0.29) is 34.8 Å². The number of unbranched alkanes of at least 4 members (excludes halogenated alkanes) is 1. The standard InChI is InChI=1S/C28H39N5O4.C8H7ClF3N.C2H2/c1-5-7-11-21(10-6-2)20(3)31-33(16-17-34)26(36)24-22(29-4)12-8-14-28(24)18-32(19-28)27(37)25-23(35)13-9-15-30-25;1-13-7-3-2-5(4-6(7)9)8(10,11)12;1-2/h9-10,13,15,17,29,35H,5-8,11-12,14,16,18-19H2,1-4H3;2-4,13H,1H3;1-2H/b21-10+,31-20+;;. The summed E-state index contributed by atoms with van der Waals surface area (Å²) >= 11 is 5.57. The van der Waals surface area contributed by atoms with E-state index < -0.39 is 17.2 Å². The van der Waals surface area contributed by atoms with E-state index in [4.69, 9.17) is 11.6 Å². The summed E-state index contributed by atoms with van der Waals surface area (Å²) in [5.41, 5.74) is 2.44. The number of nitrogens with one attached hydrogen (secondary N) is 2. The van der Waals surface area contributed by atoms with Crippen molar-refractivity contribution in [3.05, 3.63) is 75.7 Å². The molecule has 1 aliphatic heterocycles. The highest BCUT2D eigenvalue weighted by Gasteiger charge is 2.53. The van der Waals surface area contributed by atoms with E-state index in [1.165, 1.54) is 23.3 Å². The molecule has 2 heterocycles. The zero-order valence-electron chi connectivity index (χ0n) is 30.3. The molecular weight excluding hydrogens is 697 g/mol. The number of pyridine rings is 1. The number of carbonyl (C=O) groups is 3. The van der Waals surface area contributed by atoms with E-state index in [0.29, 0.717) is 37.1 Å². The van der Waals surface area contributed by atoms with Crippen molar-refractivity contribution in [3.63, 3.8) is 0 Å². The van der Waals surface area contributed by atoms with Gasteiger partial charge in [0.25, 0.3) is 11.8 Å². The Hall–Kier alpha value is -4.83. The molecule has 0 unspecified atom stereocenters. The van der Waals surface area contributed by atoms with E-state index >= 15 is 0 Å². The fraction of sp³-hybridized carbons (Fsp3) is 0.447. The van der Waals surface area contributed by atoms with Gasteiger partial charge in [-0.25, -0.2) is 9.99 Å². The largest absolute Gasteiger partial charge is 0.505 e. The number of nitrogens with zero attached hydrogens (tertiary/aromatic N) is 4. The molecule has 282 valence electrons. The smallest absolute Gasteiger partial charge is 0.416 e. The van der Waals surface area contributed by atoms with Crippen LogP contribution < -0.4 is 10.6 Å². The average Bonchev–Trinajstić information content (AvgIpc) is 3.12. The minimum atomic E-state index is -4.34. The van der Waals surface area contributed by atoms with Crippen LogP contribution in [0.5, 0.6) is 5.75 Å². The van der Waals surface area contributed by atoms with Crippen LogP contribution in [0.15, 0.2) is 64.5 Å². The summed E-state index contributed by atoms with van der Waals surface area (Å²) < 4.78 is 36.4. The number of likely N-dealkylation sites (tertiary alicyclic amines) is 1. The summed E-state index contributed by atoms with van der Waals surface area (Å²) in [6.07, 6.45) is 14.1. The van der Waals surface area contributed by atoms with Crippen LogP contribution in [-0.2, 0) is 15.8 Å². The number of aromatic nitrogens is 1. The van der Waals surface area contributed by atoms with Gasteiger partial charge in [0, 0.05) is 50.1 Å². The third kappa shape index (κ3) is 10.8. The van der Waals surface area contributed by atoms with Crippen molar-refractivity contribution >= 4 is 41.1 Å². The lowest BCUT2D eigenvalue weighted by molar-refractivity contribution is -0.137. The maximum Gasteiger partial charge on any atom is 0.416 e. The number of hydrazone groups is 1. The van der Waals surface area contributed by atoms with Gasteiger partial charge in [0.05, 0.1) is 22.0 Å². The molecule has 10 nitrogen and oxygen atoms in total. The number of terminal acetylenes is 1. The zero-order chi connectivity index (χ0) is 39.1. The van der Waals surface area contributed by atoms with Crippen LogP contribution in [0.4, 0.5) is 18.9 Å². The van der Waals surface area contributed by atoms with E-state index in [1.54, 1.807) is 25.1 Å². The Labute approximate surface area is 309 Å². The van der Waals surface area contributed by atoms with E-state index in [2.05, 4.69) is 53.5 Å². The number of allylic oxidation sites excluding steroid dienone is 3. The van der Waals surface area contributed by atoms with Gasteiger partial charge in [0.1, 0.15) is 18.6 Å². The second-order valence-electron chi connectivity index (χ2n) is 12.2. The first-order chi connectivity index (χ1) is 24.8. The lowest BCUT2D eigenvalue weighted by Gasteiger charge is -2.53. The molecule has 2 aromatic rings. The predicted octanol–water partition coefficient (Wildman–Crippen LogP) is 7.47. The van der Waals surface area contributed by atoms with E-state index in [0.717, 1.165) is 67.6 Å². The molecule has 1 aromatic carbocycles. The molecule has 0 saturated carbocycles. The van der Waals surface area contributed by atoms with Gasteiger partial charge < -0.3 is 25.4 Å². The quantitative estimate of drug-likeness (QED) is 0.0891. The van der Waals surface area contributed by atoms with Gasteiger partial charge in [-0.2, -0.15) is 18.3 Å². The number of amides is 2. The number of aldehydes is 1. The summed E-state index contributed by atoms with van der Waals surface area (Å²) in [5, 5.41) is 21.9. The Bertz CT molecular complexity index is 1670. The monoisotopic (exact) mass is 744 g/mol. The predicted molar refractivity (Wildman–Crippen MR) is 199 cm³/mol. The van der Waals surface area contributed by atoms with Crippen molar-refractivity contribution in [2.75, 3.05) is 39.0 Å². The SMILES string of the molecule is C#C.CC/C=C(CCCC)/C(C)=N/N(CC=O)C(=O)C1=C(NC)CCCC12CN(C(=O)c1ncccc1O)C2.CNc1ccc(C(F)(F)F)cc1Cl. The number of aromatic hydroxyl groups is 1. The molecule has 2 amide bonds. The molecule has 1 aliphatic carbocycles. The maximum atomic E-state index is 14.0. The molecule has 14 heteroatoms. The molecule has 3 N–H and O–H groups in total. The summed E-state index contributed by atoms with van der Waals surface area (Å²) in [5.74, 6) is -0.841. The van der Waals surface area contributed by atoms with Gasteiger partial charge >= 0.3 is 6.18 Å². The molecule has 0 bridgehead atoms. The fourth-order valence-electron chi connectivity index (χ4n) is 6.19. The van der Waals surface area contributed by atoms with Crippen molar-refractivity contribution < 1.29 is 32.7 Å². The second kappa shape index (κ2) is 20.3. The third-order valence-electron chi connectivity index (χ3n) is 8.73. The van der Waals surface area contributed by atoms with Gasteiger partial charge in [-0.15, -0.1) is 12.8 Å². The Morgan fingerprint density at radius 3 is 2.40 bits per heavy atom. The van der Waals surface area contributed by atoms with Crippen molar-refractivity contribution in [2.45, 2.75) is 71.9 Å². The number of hydrogen-bond donors (Lipinski definition) is 3. The second-order valence-corrected chi connectivity index (χ2v) is 12.6. The molecule has 2 aliphatic rings. The average molecular weight is 745 g/mol. The molecule has 4 rings (SSSR count). The number of hydrogen-bond acceptors (Lipinski definition) is 8. The van der Waals surface area contributed by atoms with E-state index in [1.807, 2.05) is 6.92 Å². The normalized spacial score (nSPS) is 15.3. The van der Waals surface area contributed by atoms with E-state index in [9.17, 15) is 32.7 Å². The molecule has 1 fully saturated rings. The van der Waals surface area contributed by atoms with Crippen molar-refractivity contribution in [1.82, 2.24) is 20.2 Å². The number of anilines is 1. The number of halogens is 4. The minimum Gasteiger partial charge on any atom is -0.505 e. The summed E-state index contributed by atoms with van der Waals surface area (Å²) in [6.45, 7) is 6.61. The highest BCUT2D eigenvalue weighted by atomic mass is 35.5. The van der Waals surface area contributed by atoms with Crippen LogP contribution in [0.1, 0.15) is 81.8 Å². The molecule has 0 radical (unpaired) electrons. The van der Waals surface area contributed by atoms with Crippen LogP contribution in [0.3, 0.4) is 0 Å². The number of alkyl halides is 3. The first-order valence-electron chi connectivity index (χ1n) is 17.0. The highest BCUT2D eigenvalue weighted by molar-refractivity contribution is 6.33. The number of rotatable bonds is 12. The van der Waals surface area contributed by atoms with Crippen LogP contribution in [0, 0.1) is 18.3 Å². The molecule has 1 aromatic heterocycles. The minimum absolute atomic E-state index is 0.00369. The van der Waals surface area contributed by atoms with Crippen LogP contribution >= 0.6 is 11.6 Å². The van der Waals surface area contributed by atoms with Crippen molar-refractivity contribution in [2.24, 2.45) is 10.5 Å². The van der Waals surface area contributed by atoms with Gasteiger partial charge in [-0.1, -0.05) is 37.9 Å². The number of carbonyl (C=O) groups excluding carboxylic acids is 3. The van der Waals surface area contributed by atoms with Gasteiger partial charge in [0.15, 0.2) is 5.69 Å². The van der Waals surface area contributed by atoms with Crippen LogP contribution in [0.2, 0.25) is 5.02 Å². The number of benzene rings is 1. The Balaban J connectivity index is 0.000000522. The maximum absolute atomic E-state index is 14.0. The Kier molecular flexibility index (Phi) is 16.9. The van der Waals surface area contributed by atoms with Crippen molar-refractivity contribution in [3.8, 4) is 18.6 Å². The topological polar surface area (TPSA) is 127 Å². The van der Waals surface area contributed by atoms with Crippen LogP contribution in [-0.4, -0.2) is 77.5 Å². The molecular formula is C38H48ClF3N6O4. The van der Waals surface area contributed by atoms with Gasteiger partial charge in [-0.05, 0) is 81.4 Å². The molecule has 1 spiro atoms. The molecule has 1 saturated heterocycles. The third-order valence-corrected chi connectivity index (χ3v) is 9.04.